The van der Waals surface area contributed by atoms with E-state index < -0.39 is 12.5 Å². The molecule has 90 valence electrons. The van der Waals surface area contributed by atoms with Gasteiger partial charge in [0.1, 0.15) is 5.75 Å². The molecule has 1 heterocycles. The molecule has 0 fully saturated rings. The van der Waals surface area contributed by atoms with Crippen molar-refractivity contribution in [3.8, 4) is 5.75 Å². The minimum Gasteiger partial charge on any atom is -0.492 e. The first-order valence-corrected chi connectivity index (χ1v) is 5.28. The zero-order valence-corrected chi connectivity index (χ0v) is 9.41. The van der Waals surface area contributed by atoms with Crippen molar-refractivity contribution in [1.82, 2.24) is 10.3 Å². The van der Waals surface area contributed by atoms with Crippen molar-refractivity contribution in [3.05, 3.63) is 24.0 Å². The second kappa shape index (κ2) is 6.37. The van der Waals surface area contributed by atoms with Gasteiger partial charge in [0.05, 0.1) is 18.8 Å². The maximum Gasteiger partial charge on any atom is 0.257 e. The number of halogens is 2. The molecule has 5 heteroatoms. The third-order valence-electron chi connectivity index (χ3n) is 2.08. The molecule has 16 heavy (non-hydrogen) atoms. The van der Waals surface area contributed by atoms with Crippen molar-refractivity contribution in [1.29, 1.82) is 0 Å². The van der Waals surface area contributed by atoms with Crippen molar-refractivity contribution in [2.75, 3.05) is 13.2 Å². The number of rotatable bonds is 6. The Kier molecular flexibility index (Phi) is 5.11. The van der Waals surface area contributed by atoms with E-state index in [1.165, 1.54) is 12.4 Å². The Labute approximate surface area is 93.8 Å². The lowest BCUT2D eigenvalue weighted by atomic mass is 10.1. The summed E-state index contributed by atoms with van der Waals surface area (Å²) in [4.78, 5) is 3.89. The first-order chi connectivity index (χ1) is 7.69. The summed E-state index contributed by atoms with van der Waals surface area (Å²) >= 11 is 0. The van der Waals surface area contributed by atoms with Crippen LogP contribution in [0.15, 0.2) is 18.5 Å². The second-order valence-corrected chi connectivity index (χ2v) is 3.26. The monoisotopic (exact) mass is 230 g/mol. The van der Waals surface area contributed by atoms with Crippen LogP contribution in [0, 0.1) is 0 Å². The molecule has 1 atom stereocenters. The molecule has 3 nitrogen and oxygen atoms in total. The van der Waals surface area contributed by atoms with Gasteiger partial charge in [-0.2, -0.15) is 0 Å². The van der Waals surface area contributed by atoms with Crippen LogP contribution in [-0.4, -0.2) is 24.6 Å². The molecule has 1 unspecified atom stereocenters. The first-order valence-electron chi connectivity index (χ1n) is 5.28. The fraction of sp³-hybridized carbons (Fsp3) is 0.545. The van der Waals surface area contributed by atoms with E-state index in [1.807, 2.05) is 6.92 Å². The molecular weight excluding hydrogens is 214 g/mol. The van der Waals surface area contributed by atoms with Gasteiger partial charge in [-0.15, -0.1) is 0 Å². The van der Waals surface area contributed by atoms with Gasteiger partial charge in [-0.25, -0.2) is 8.78 Å². The zero-order chi connectivity index (χ0) is 12.0. The van der Waals surface area contributed by atoms with Crippen LogP contribution in [-0.2, 0) is 0 Å². The van der Waals surface area contributed by atoms with Gasteiger partial charge in [0, 0.05) is 6.20 Å². The molecule has 0 aliphatic rings. The molecule has 0 spiro atoms. The summed E-state index contributed by atoms with van der Waals surface area (Å²) in [6.07, 6.45) is 0.488. The first kappa shape index (κ1) is 12.8. The van der Waals surface area contributed by atoms with Gasteiger partial charge in [0.15, 0.2) is 0 Å². The van der Waals surface area contributed by atoms with E-state index in [0.29, 0.717) is 24.5 Å². The number of ether oxygens (including phenoxy) is 1. The summed E-state index contributed by atoms with van der Waals surface area (Å²) in [6, 6.07) is 0.605. The lowest BCUT2D eigenvalue weighted by Gasteiger charge is -2.17. The fourth-order valence-electron chi connectivity index (χ4n) is 1.42. The molecule has 1 N–H and O–H groups in total. The molecule has 0 amide bonds. The van der Waals surface area contributed by atoms with E-state index in [2.05, 4.69) is 10.3 Å². The van der Waals surface area contributed by atoms with Crippen LogP contribution in [0.4, 0.5) is 8.78 Å². The van der Waals surface area contributed by atoms with Gasteiger partial charge in [-0.1, -0.05) is 6.92 Å². The van der Waals surface area contributed by atoms with Gasteiger partial charge in [0.2, 0.25) is 0 Å². The molecule has 0 saturated carbocycles. The zero-order valence-electron chi connectivity index (χ0n) is 9.41. The molecular formula is C11H16F2N2O. The maximum atomic E-state index is 12.8. The summed E-state index contributed by atoms with van der Waals surface area (Å²) < 4.78 is 30.7. The van der Waals surface area contributed by atoms with Crippen LogP contribution in [0.25, 0.3) is 0 Å². The van der Waals surface area contributed by atoms with E-state index in [9.17, 15) is 8.78 Å². The largest absolute Gasteiger partial charge is 0.492 e. The lowest BCUT2D eigenvalue weighted by molar-refractivity contribution is 0.0990. The number of pyridine rings is 1. The third-order valence-corrected chi connectivity index (χ3v) is 2.08. The minimum absolute atomic E-state index is 0.447. The average Bonchev–Trinajstić information content (AvgIpc) is 2.26. The van der Waals surface area contributed by atoms with E-state index in [4.69, 9.17) is 4.74 Å². The molecule has 1 aromatic rings. The molecule has 0 aliphatic carbocycles. The molecule has 0 bridgehead atoms. The normalized spacial score (nSPS) is 12.8. The van der Waals surface area contributed by atoms with E-state index in [0.717, 1.165) is 0 Å². The highest BCUT2D eigenvalue weighted by atomic mass is 19.3. The van der Waals surface area contributed by atoms with Crippen LogP contribution in [0.3, 0.4) is 0 Å². The Balaban J connectivity index is 2.86. The van der Waals surface area contributed by atoms with Gasteiger partial charge < -0.3 is 10.1 Å². The van der Waals surface area contributed by atoms with Gasteiger partial charge >= 0.3 is 0 Å². The summed E-state index contributed by atoms with van der Waals surface area (Å²) in [5.41, 5.74) is 0.447. The smallest absolute Gasteiger partial charge is 0.257 e. The maximum absolute atomic E-state index is 12.8. The Hall–Kier alpha value is -1.23. The SMILES string of the molecule is CCNC(c1cncc(OCC)c1)C(F)F. The second-order valence-electron chi connectivity index (χ2n) is 3.26. The Morgan fingerprint density at radius 2 is 2.12 bits per heavy atom. The fourth-order valence-corrected chi connectivity index (χ4v) is 1.42. The highest BCUT2D eigenvalue weighted by molar-refractivity contribution is 5.26. The molecule has 1 aromatic heterocycles. The van der Waals surface area contributed by atoms with E-state index in [1.54, 1.807) is 13.0 Å². The highest BCUT2D eigenvalue weighted by Gasteiger charge is 2.21. The number of nitrogens with zero attached hydrogens (tertiary/aromatic N) is 1. The van der Waals surface area contributed by atoms with Crippen molar-refractivity contribution in [2.45, 2.75) is 26.3 Å². The van der Waals surface area contributed by atoms with Crippen LogP contribution >= 0.6 is 0 Å². The average molecular weight is 230 g/mol. The van der Waals surface area contributed by atoms with Crippen molar-refractivity contribution in [3.63, 3.8) is 0 Å². The number of aromatic nitrogens is 1. The molecule has 0 radical (unpaired) electrons. The van der Waals surface area contributed by atoms with Crippen molar-refractivity contribution < 1.29 is 13.5 Å². The lowest BCUT2D eigenvalue weighted by Crippen LogP contribution is -2.27. The van der Waals surface area contributed by atoms with Gasteiger partial charge in [-0.05, 0) is 25.1 Å². The summed E-state index contributed by atoms with van der Waals surface area (Å²) in [5.74, 6) is 0.517. The number of hydrogen-bond donors (Lipinski definition) is 1. The molecule has 1 rings (SSSR count). The minimum atomic E-state index is -2.46. The number of nitrogens with one attached hydrogen (secondary N) is 1. The van der Waals surface area contributed by atoms with E-state index >= 15 is 0 Å². The Morgan fingerprint density at radius 1 is 1.38 bits per heavy atom. The number of alkyl halides is 2. The third kappa shape index (κ3) is 3.41. The standard InChI is InChI=1S/C11H16F2N2O/c1-3-15-10(11(12)13)8-5-9(16-4-2)7-14-6-8/h5-7,10-11,15H,3-4H2,1-2H3. The number of hydrogen-bond acceptors (Lipinski definition) is 3. The predicted molar refractivity (Wildman–Crippen MR) is 57.8 cm³/mol. The highest BCUT2D eigenvalue weighted by Crippen LogP contribution is 2.23. The van der Waals surface area contributed by atoms with Crippen molar-refractivity contribution >= 4 is 0 Å². The summed E-state index contributed by atoms with van der Waals surface area (Å²) in [5, 5.41) is 2.72. The van der Waals surface area contributed by atoms with Crippen LogP contribution in [0.2, 0.25) is 0 Å². The Morgan fingerprint density at radius 3 is 2.69 bits per heavy atom. The quantitative estimate of drug-likeness (QED) is 0.814. The van der Waals surface area contributed by atoms with Gasteiger partial charge in [-0.3, -0.25) is 4.98 Å². The van der Waals surface area contributed by atoms with Crippen LogP contribution < -0.4 is 10.1 Å². The predicted octanol–water partition coefficient (Wildman–Crippen LogP) is 2.40. The van der Waals surface area contributed by atoms with Crippen LogP contribution in [0.5, 0.6) is 5.75 Å². The Bertz CT molecular complexity index is 321. The molecule has 0 aliphatic heterocycles. The van der Waals surface area contributed by atoms with Crippen molar-refractivity contribution in [2.24, 2.45) is 0 Å². The van der Waals surface area contributed by atoms with Gasteiger partial charge in [0.25, 0.3) is 6.43 Å². The topological polar surface area (TPSA) is 34.2 Å². The van der Waals surface area contributed by atoms with E-state index in [-0.39, 0.29) is 0 Å². The van der Waals surface area contributed by atoms with Crippen LogP contribution in [0.1, 0.15) is 25.5 Å². The summed E-state index contributed by atoms with van der Waals surface area (Å²) in [6.45, 7) is 4.59. The molecule has 0 saturated heterocycles. The molecule has 0 aromatic carbocycles. The summed E-state index contributed by atoms with van der Waals surface area (Å²) in [7, 11) is 0.